The van der Waals surface area contributed by atoms with Crippen LogP contribution >= 0.6 is 0 Å². The van der Waals surface area contributed by atoms with Crippen molar-refractivity contribution in [2.24, 2.45) is 0 Å². The van der Waals surface area contributed by atoms with Gasteiger partial charge in [-0.15, -0.1) is 0 Å². The molecule has 0 bridgehead atoms. The summed E-state index contributed by atoms with van der Waals surface area (Å²) in [6.07, 6.45) is 2.50. The summed E-state index contributed by atoms with van der Waals surface area (Å²) in [4.78, 5) is 25.8. The number of piperidine rings is 1. The van der Waals surface area contributed by atoms with Crippen molar-refractivity contribution in [3.05, 3.63) is 30.0 Å². The molecular formula is C23H28BN7O3. The fourth-order valence-electron chi connectivity index (χ4n) is 4.51. The first-order valence-electron chi connectivity index (χ1n) is 11.7. The molecule has 176 valence electrons. The highest BCUT2D eigenvalue weighted by Crippen LogP contribution is 2.36. The molecule has 0 atom stereocenters. The van der Waals surface area contributed by atoms with Crippen LogP contribution in [0.1, 0.15) is 24.5 Å². The van der Waals surface area contributed by atoms with Crippen LogP contribution in [-0.4, -0.2) is 86.8 Å². The largest absolute Gasteiger partial charge is 0.378 e. The molecule has 1 aromatic carbocycles. The number of hydrogen-bond acceptors (Lipinski definition) is 8. The van der Waals surface area contributed by atoms with Crippen molar-refractivity contribution in [2.75, 3.05) is 63.1 Å². The van der Waals surface area contributed by atoms with E-state index in [1.807, 2.05) is 24.3 Å². The third-order valence-electron chi connectivity index (χ3n) is 6.50. The lowest BCUT2D eigenvalue weighted by atomic mass is 9.92. The van der Waals surface area contributed by atoms with E-state index in [0.29, 0.717) is 36.8 Å². The molecule has 2 N–H and O–H groups in total. The Labute approximate surface area is 199 Å². The molecule has 5 rings (SSSR count). The summed E-state index contributed by atoms with van der Waals surface area (Å²) < 4.78 is 11.4. The monoisotopic (exact) mass is 461 g/mol. The summed E-state index contributed by atoms with van der Waals surface area (Å²) in [6.45, 7) is 4.60. The highest BCUT2D eigenvalue weighted by atomic mass is 16.5. The Morgan fingerprint density at radius 2 is 1.85 bits per heavy atom. The summed E-state index contributed by atoms with van der Waals surface area (Å²) in [5.41, 5.74) is 3.83. The number of carbonyl (C=O) groups excluding carboxylic acids is 1. The van der Waals surface area contributed by atoms with E-state index in [1.54, 1.807) is 7.05 Å². The quantitative estimate of drug-likeness (QED) is 0.557. The molecule has 2 saturated heterocycles. The van der Waals surface area contributed by atoms with Gasteiger partial charge in [0.25, 0.3) is 0 Å². The van der Waals surface area contributed by atoms with Crippen molar-refractivity contribution in [3.63, 3.8) is 0 Å². The number of nitrogens with one attached hydrogen (secondary N) is 2. The number of urea groups is 1. The number of nitrogens with zero attached hydrogens (tertiary/aromatic N) is 5. The molecule has 0 aliphatic carbocycles. The van der Waals surface area contributed by atoms with Crippen LogP contribution in [0.4, 0.5) is 16.3 Å². The summed E-state index contributed by atoms with van der Waals surface area (Å²) in [5, 5.41) is 9.79. The number of benzene rings is 1. The molecule has 2 aliphatic rings. The summed E-state index contributed by atoms with van der Waals surface area (Å²) in [7, 11) is 7.40. The Bertz CT molecular complexity index is 1140. The van der Waals surface area contributed by atoms with Crippen LogP contribution in [0.5, 0.6) is 0 Å². The van der Waals surface area contributed by atoms with E-state index in [-0.39, 0.29) is 11.9 Å². The third-order valence-corrected chi connectivity index (χ3v) is 6.50. The van der Waals surface area contributed by atoms with Gasteiger partial charge >= 0.3 is 6.03 Å². The van der Waals surface area contributed by atoms with Gasteiger partial charge in [0.2, 0.25) is 5.58 Å². The van der Waals surface area contributed by atoms with E-state index >= 15 is 0 Å². The van der Waals surface area contributed by atoms with E-state index in [1.165, 1.54) is 0 Å². The second-order valence-corrected chi connectivity index (χ2v) is 8.57. The average molecular weight is 461 g/mol. The van der Waals surface area contributed by atoms with Gasteiger partial charge in [-0.2, -0.15) is 0 Å². The first-order valence-corrected chi connectivity index (χ1v) is 11.7. The minimum Gasteiger partial charge on any atom is -0.378 e. The number of likely N-dealkylation sites (tertiary alicyclic amines) is 1. The first kappa shape index (κ1) is 22.6. The van der Waals surface area contributed by atoms with Gasteiger partial charge in [-0.1, -0.05) is 5.16 Å². The maximum Gasteiger partial charge on any atom is 0.318 e. The number of anilines is 2. The lowest BCUT2D eigenvalue weighted by molar-refractivity contribution is 0.122. The number of fused-ring (bicyclic) bond motifs is 1. The van der Waals surface area contributed by atoms with Crippen LogP contribution in [0.2, 0.25) is 0 Å². The van der Waals surface area contributed by atoms with E-state index in [9.17, 15) is 4.79 Å². The number of aromatic nitrogens is 3. The smallest absolute Gasteiger partial charge is 0.318 e. The molecule has 0 spiro atoms. The van der Waals surface area contributed by atoms with E-state index in [4.69, 9.17) is 27.1 Å². The Morgan fingerprint density at radius 1 is 1.12 bits per heavy atom. The molecule has 34 heavy (non-hydrogen) atoms. The Morgan fingerprint density at radius 3 is 2.53 bits per heavy atom. The van der Waals surface area contributed by atoms with Crippen LogP contribution in [0.3, 0.4) is 0 Å². The second kappa shape index (κ2) is 9.98. The molecule has 2 radical (unpaired) electrons. The molecular weight excluding hydrogens is 433 g/mol. The Kier molecular flexibility index (Phi) is 6.64. The van der Waals surface area contributed by atoms with Crippen molar-refractivity contribution in [2.45, 2.75) is 18.8 Å². The molecule has 2 fully saturated rings. The third kappa shape index (κ3) is 4.58. The van der Waals surface area contributed by atoms with Gasteiger partial charge in [0.15, 0.2) is 11.6 Å². The second-order valence-electron chi connectivity index (χ2n) is 8.57. The fraction of sp³-hybridized carbons (Fsp3) is 0.478. The molecule has 11 heteroatoms. The molecule has 4 heterocycles. The van der Waals surface area contributed by atoms with Gasteiger partial charge in [-0.05, 0) is 56.6 Å². The van der Waals surface area contributed by atoms with Crippen LogP contribution in [0.25, 0.3) is 22.5 Å². The number of ether oxygens (including phenoxy) is 1. The van der Waals surface area contributed by atoms with Crippen molar-refractivity contribution < 1.29 is 14.1 Å². The zero-order chi connectivity index (χ0) is 23.5. The van der Waals surface area contributed by atoms with Gasteiger partial charge in [-0.25, -0.2) is 14.8 Å². The lowest BCUT2D eigenvalue weighted by Crippen LogP contribution is -2.37. The number of rotatable bonds is 5. The van der Waals surface area contributed by atoms with E-state index in [2.05, 4.69) is 25.6 Å². The molecule has 0 unspecified atom stereocenters. The van der Waals surface area contributed by atoms with Crippen molar-refractivity contribution >= 4 is 36.5 Å². The van der Waals surface area contributed by atoms with Gasteiger partial charge in [0.05, 0.1) is 21.1 Å². The average Bonchev–Trinajstić information content (AvgIpc) is 3.33. The van der Waals surface area contributed by atoms with Crippen molar-refractivity contribution in [3.8, 4) is 11.4 Å². The zero-order valence-corrected chi connectivity index (χ0v) is 19.3. The predicted octanol–water partition coefficient (Wildman–Crippen LogP) is 2.18. The van der Waals surface area contributed by atoms with Gasteiger partial charge < -0.3 is 29.7 Å². The molecule has 2 aromatic heterocycles. The van der Waals surface area contributed by atoms with Crippen LogP contribution in [0, 0.1) is 0 Å². The van der Waals surface area contributed by atoms with Gasteiger partial charge in [0.1, 0.15) is 11.2 Å². The summed E-state index contributed by atoms with van der Waals surface area (Å²) in [5.74, 6) is 1.61. The highest BCUT2D eigenvalue weighted by molar-refractivity contribution is 6.08. The highest BCUT2D eigenvalue weighted by Gasteiger charge is 2.29. The molecule has 10 nitrogen and oxygen atoms in total. The van der Waals surface area contributed by atoms with Gasteiger partial charge in [-0.3, -0.25) is 0 Å². The molecule has 0 saturated carbocycles. The van der Waals surface area contributed by atoms with E-state index in [0.717, 1.165) is 61.6 Å². The Hall–Kier alpha value is -3.18. The fourth-order valence-corrected chi connectivity index (χ4v) is 4.51. The SMILES string of the molecule is [B]CN1CCC(c2noc3c(N4CCOCC4)nc(-c4ccc(NC(=O)NC)cc4)nc23)CC1. The first-order chi connectivity index (χ1) is 16.7. The van der Waals surface area contributed by atoms with Crippen LogP contribution in [-0.2, 0) is 4.74 Å². The van der Waals surface area contributed by atoms with E-state index < -0.39 is 0 Å². The van der Waals surface area contributed by atoms with Crippen LogP contribution < -0.4 is 15.5 Å². The number of carbonyl (C=O) groups is 1. The normalized spacial score (nSPS) is 17.7. The number of amides is 2. The Balaban J connectivity index is 1.53. The van der Waals surface area contributed by atoms with Crippen molar-refractivity contribution in [1.29, 1.82) is 0 Å². The number of hydrogen-bond donors (Lipinski definition) is 2. The molecule has 2 aliphatic heterocycles. The number of morpholine rings is 1. The summed E-state index contributed by atoms with van der Waals surface area (Å²) >= 11 is 0. The van der Waals surface area contributed by atoms with Crippen LogP contribution in [0.15, 0.2) is 28.8 Å². The zero-order valence-electron chi connectivity index (χ0n) is 19.3. The maximum absolute atomic E-state index is 11.6. The van der Waals surface area contributed by atoms with Crippen molar-refractivity contribution in [1.82, 2.24) is 25.3 Å². The minimum absolute atomic E-state index is 0.267. The lowest BCUT2D eigenvalue weighted by Gasteiger charge is -2.30. The van der Waals surface area contributed by atoms with Gasteiger partial charge in [0, 0.05) is 37.3 Å². The molecule has 3 aromatic rings. The minimum atomic E-state index is -0.269. The standard InChI is InChI=1S/C23H28BN7O3/c1-25-23(32)26-17-4-2-16(3-5-17)21-27-19-18(15-6-8-30(14-24)9-7-15)29-34-20(19)22(28-21)31-10-12-33-13-11-31/h2-5,15H,6-14H2,1H3,(H2,25,26,32). The maximum atomic E-state index is 11.6. The molecule has 2 amide bonds. The topological polar surface area (TPSA) is 109 Å². The summed E-state index contributed by atoms with van der Waals surface area (Å²) in [6, 6.07) is 7.22. The predicted molar refractivity (Wildman–Crippen MR) is 130 cm³/mol.